The molecule has 0 fully saturated rings. The fraction of sp³-hybridized carbons (Fsp3) is 0.407. The Morgan fingerprint density at radius 1 is 1.33 bits per heavy atom. The van der Waals surface area contributed by atoms with Gasteiger partial charge in [-0.15, -0.1) is 0 Å². The van der Waals surface area contributed by atoms with Crippen molar-refractivity contribution in [3.63, 3.8) is 0 Å². The SMILES string of the molecule is CCN(CCNC)C(=O)NC1CCc2c(-c3noc(-c4ccc(OC(C)C)c(C#N)c4)n3)cccc21. The van der Waals surface area contributed by atoms with Crippen molar-refractivity contribution in [1.82, 2.24) is 25.7 Å². The minimum atomic E-state index is -0.0610. The lowest BCUT2D eigenvalue weighted by Crippen LogP contribution is -2.43. The molecular formula is C27H32N6O3. The maximum Gasteiger partial charge on any atom is 0.317 e. The Morgan fingerprint density at radius 3 is 2.89 bits per heavy atom. The Balaban J connectivity index is 1.55. The average molecular weight is 489 g/mol. The molecule has 1 atom stereocenters. The number of hydrogen-bond acceptors (Lipinski definition) is 7. The third-order valence-corrected chi connectivity index (χ3v) is 6.25. The molecule has 2 N–H and O–H groups in total. The molecule has 0 spiro atoms. The van der Waals surface area contributed by atoms with Gasteiger partial charge in [0, 0.05) is 30.8 Å². The number of ether oxygens (including phenoxy) is 1. The number of carbonyl (C=O) groups excluding carboxylic acids is 1. The van der Waals surface area contributed by atoms with E-state index in [1.165, 1.54) is 0 Å². The smallest absolute Gasteiger partial charge is 0.317 e. The van der Waals surface area contributed by atoms with Gasteiger partial charge in [0.15, 0.2) is 0 Å². The Bertz CT molecular complexity index is 1260. The van der Waals surface area contributed by atoms with Gasteiger partial charge in [-0.25, -0.2) is 4.79 Å². The monoisotopic (exact) mass is 488 g/mol. The quantitative estimate of drug-likeness (QED) is 0.461. The van der Waals surface area contributed by atoms with Crippen LogP contribution in [0.2, 0.25) is 0 Å². The molecule has 0 saturated carbocycles. The first-order valence-corrected chi connectivity index (χ1v) is 12.3. The van der Waals surface area contributed by atoms with Gasteiger partial charge in [-0.05, 0) is 70.0 Å². The molecular weight excluding hydrogens is 456 g/mol. The van der Waals surface area contributed by atoms with Gasteiger partial charge >= 0.3 is 6.03 Å². The van der Waals surface area contributed by atoms with Gasteiger partial charge in [0.2, 0.25) is 5.82 Å². The van der Waals surface area contributed by atoms with Crippen molar-refractivity contribution < 1.29 is 14.1 Å². The number of fused-ring (bicyclic) bond motifs is 1. The Morgan fingerprint density at radius 2 is 2.17 bits per heavy atom. The number of hydrogen-bond donors (Lipinski definition) is 2. The molecule has 1 aromatic heterocycles. The Hall–Kier alpha value is -3.90. The molecule has 2 aromatic carbocycles. The molecule has 0 radical (unpaired) electrons. The van der Waals surface area contributed by atoms with Crippen molar-refractivity contribution in [3.8, 4) is 34.7 Å². The fourth-order valence-electron chi connectivity index (χ4n) is 4.46. The molecule has 3 aromatic rings. The van der Waals surface area contributed by atoms with E-state index in [1.54, 1.807) is 17.0 Å². The van der Waals surface area contributed by atoms with Crippen LogP contribution in [-0.2, 0) is 6.42 Å². The van der Waals surface area contributed by atoms with Gasteiger partial charge in [-0.1, -0.05) is 23.4 Å². The van der Waals surface area contributed by atoms with E-state index in [-0.39, 0.29) is 18.2 Å². The van der Waals surface area contributed by atoms with Gasteiger partial charge in [0.05, 0.1) is 17.7 Å². The topological polar surface area (TPSA) is 116 Å². The highest BCUT2D eigenvalue weighted by Crippen LogP contribution is 2.37. The molecule has 1 unspecified atom stereocenters. The van der Waals surface area contributed by atoms with Crippen molar-refractivity contribution in [2.24, 2.45) is 0 Å². The van der Waals surface area contributed by atoms with E-state index in [0.717, 1.165) is 36.1 Å². The minimum absolute atomic E-state index is 0.0369. The first-order chi connectivity index (χ1) is 17.4. The highest BCUT2D eigenvalue weighted by Gasteiger charge is 2.28. The number of carbonyl (C=O) groups is 1. The predicted octanol–water partition coefficient (Wildman–Crippen LogP) is 4.30. The second kappa shape index (κ2) is 11.2. The van der Waals surface area contributed by atoms with Gasteiger partial charge in [0.1, 0.15) is 11.8 Å². The van der Waals surface area contributed by atoms with Crippen LogP contribution < -0.4 is 15.4 Å². The number of likely N-dealkylation sites (N-methyl/N-ethyl adjacent to an activating group) is 2. The molecule has 0 aliphatic heterocycles. The second-order valence-corrected chi connectivity index (χ2v) is 9.01. The molecule has 0 bridgehead atoms. The molecule has 9 heteroatoms. The average Bonchev–Trinajstić information content (AvgIpc) is 3.52. The van der Waals surface area contributed by atoms with E-state index in [1.807, 2.05) is 52.1 Å². The maximum atomic E-state index is 12.8. The molecule has 1 aliphatic rings. The lowest BCUT2D eigenvalue weighted by molar-refractivity contribution is 0.197. The number of nitrogens with zero attached hydrogens (tertiary/aromatic N) is 4. The van der Waals surface area contributed by atoms with Crippen LogP contribution in [-0.4, -0.2) is 53.9 Å². The number of benzene rings is 2. The zero-order valence-corrected chi connectivity index (χ0v) is 21.2. The summed E-state index contributed by atoms with van der Waals surface area (Å²) in [6.45, 7) is 7.86. The highest BCUT2D eigenvalue weighted by molar-refractivity contribution is 5.75. The zero-order chi connectivity index (χ0) is 25.7. The van der Waals surface area contributed by atoms with Crippen molar-refractivity contribution >= 4 is 6.03 Å². The second-order valence-electron chi connectivity index (χ2n) is 9.01. The van der Waals surface area contributed by atoms with Crippen molar-refractivity contribution in [1.29, 1.82) is 5.26 Å². The van der Waals surface area contributed by atoms with Crippen LogP contribution in [0.1, 0.15) is 49.9 Å². The van der Waals surface area contributed by atoms with Crippen molar-refractivity contribution in [2.45, 2.75) is 45.8 Å². The van der Waals surface area contributed by atoms with E-state index >= 15 is 0 Å². The molecule has 1 heterocycles. The molecule has 4 rings (SSSR count). The normalized spacial score (nSPS) is 14.4. The van der Waals surface area contributed by atoms with Crippen LogP contribution >= 0.6 is 0 Å². The van der Waals surface area contributed by atoms with Crippen LogP contribution in [0.4, 0.5) is 4.79 Å². The largest absolute Gasteiger partial charge is 0.490 e. The lowest BCUT2D eigenvalue weighted by atomic mass is 10.0. The lowest BCUT2D eigenvalue weighted by Gasteiger charge is -2.24. The summed E-state index contributed by atoms with van der Waals surface area (Å²) in [5.74, 6) is 1.35. The highest BCUT2D eigenvalue weighted by atomic mass is 16.5. The van der Waals surface area contributed by atoms with E-state index in [2.05, 4.69) is 26.8 Å². The van der Waals surface area contributed by atoms with Gasteiger partial charge in [-0.2, -0.15) is 10.2 Å². The van der Waals surface area contributed by atoms with E-state index in [9.17, 15) is 10.1 Å². The van der Waals surface area contributed by atoms with E-state index in [4.69, 9.17) is 9.26 Å². The number of amides is 2. The number of nitrogens with one attached hydrogen (secondary N) is 2. The third-order valence-electron chi connectivity index (χ3n) is 6.25. The van der Waals surface area contributed by atoms with Gasteiger partial charge < -0.3 is 24.8 Å². The zero-order valence-electron chi connectivity index (χ0n) is 21.2. The molecule has 0 saturated heterocycles. The number of urea groups is 1. The van der Waals surface area contributed by atoms with E-state index < -0.39 is 0 Å². The van der Waals surface area contributed by atoms with Gasteiger partial charge in [-0.3, -0.25) is 0 Å². The standard InChI is InChI=1S/C27H32N6O3/c1-5-33(14-13-29-4)27(34)30-23-11-10-20-21(23)7-6-8-22(20)25-31-26(36-32-25)18-9-12-24(35-17(2)3)19(15-18)16-28/h6-9,12,15,17,23,29H,5,10-11,13-14H2,1-4H3,(H,30,34). The summed E-state index contributed by atoms with van der Waals surface area (Å²) in [6.07, 6.45) is 1.59. The van der Waals surface area contributed by atoms with Crippen LogP contribution in [0.15, 0.2) is 40.9 Å². The van der Waals surface area contributed by atoms with Crippen LogP contribution in [0.3, 0.4) is 0 Å². The first-order valence-electron chi connectivity index (χ1n) is 12.3. The van der Waals surface area contributed by atoms with Crippen LogP contribution in [0.5, 0.6) is 5.75 Å². The number of aromatic nitrogens is 2. The fourth-order valence-corrected chi connectivity index (χ4v) is 4.46. The molecule has 36 heavy (non-hydrogen) atoms. The summed E-state index contributed by atoms with van der Waals surface area (Å²) in [7, 11) is 1.88. The molecule has 9 nitrogen and oxygen atoms in total. The van der Waals surface area contributed by atoms with Crippen molar-refractivity contribution in [3.05, 3.63) is 53.1 Å². The summed E-state index contributed by atoms with van der Waals surface area (Å²) in [4.78, 5) is 19.2. The molecule has 188 valence electrons. The van der Waals surface area contributed by atoms with E-state index in [0.29, 0.717) is 41.7 Å². The van der Waals surface area contributed by atoms with Crippen LogP contribution in [0, 0.1) is 11.3 Å². The molecule has 1 aliphatic carbocycles. The van der Waals surface area contributed by atoms with Crippen LogP contribution in [0.25, 0.3) is 22.8 Å². The Labute approximate surface area is 211 Å². The molecule has 2 amide bonds. The minimum Gasteiger partial charge on any atom is -0.490 e. The van der Waals surface area contributed by atoms with Crippen molar-refractivity contribution in [2.75, 3.05) is 26.7 Å². The number of rotatable bonds is 9. The summed E-state index contributed by atoms with van der Waals surface area (Å²) >= 11 is 0. The first kappa shape index (κ1) is 25.2. The van der Waals surface area contributed by atoms with Gasteiger partial charge in [0.25, 0.3) is 5.89 Å². The summed E-state index contributed by atoms with van der Waals surface area (Å²) in [5, 5.41) is 20.0. The Kier molecular flexibility index (Phi) is 7.86. The summed E-state index contributed by atoms with van der Waals surface area (Å²) < 4.78 is 11.3. The number of nitriles is 1. The summed E-state index contributed by atoms with van der Waals surface area (Å²) in [6, 6.07) is 13.3. The third kappa shape index (κ3) is 5.34. The predicted molar refractivity (Wildman–Crippen MR) is 136 cm³/mol. The maximum absolute atomic E-state index is 12.8. The summed E-state index contributed by atoms with van der Waals surface area (Å²) in [5.41, 5.74) is 4.16.